The average Bonchev–Trinajstić information content (AvgIpc) is 3.51. The van der Waals surface area contributed by atoms with Crippen molar-refractivity contribution in [1.29, 1.82) is 0 Å². The predicted molar refractivity (Wildman–Crippen MR) is 128 cm³/mol. The van der Waals surface area contributed by atoms with Crippen molar-refractivity contribution in [3.63, 3.8) is 0 Å². The topological polar surface area (TPSA) is 96.7 Å². The molecule has 0 radical (unpaired) electrons. The lowest BCUT2D eigenvalue weighted by Gasteiger charge is -2.18. The molecule has 7 nitrogen and oxygen atoms in total. The van der Waals surface area contributed by atoms with E-state index in [9.17, 15) is 18.0 Å². The number of carbonyl (C=O) groups excluding carboxylic acids is 2. The minimum absolute atomic E-state index is 0.112. The summed E-state index contributed by atoms with van der Waals surface area (Å²) in [5.74, 6) is 0.255. The highest BCUT2D eigenvalue weighted by Crippen LogP contribution is 2.41. The maximum atomic E-state index is 13.2. The van der Waals surface area contributed by atoms with E-state index < -0.39 is 10.0 Å². The Bertz CT molecular complexity index is 1320. The predicted octanol–water partition coefficient (Wildman–Crippen LogP) is 4.49. The zero-order valence-electron chi connectivity index (χ0n) is 18.2. The third kappa shape index (κ3) is 4.11. The molecule has 3 heterocycles. The fourth-order valence-corrected chi connectivity index (χ4v) is 7.48. The number of hydrogen-bond donors (Lipinski definition) is 1. The van der Waals surface area contributed by atoms with Gasteiger partial charge in [0.25, 0.3) is 5.91 Å². The van der Waals surface area contributed by atoms with Crippen molar-refractivity contribution in [2.24, 2.45) is 5.92 Å². The molecule has 0 saturated carbocycles. The maximum Gasteiger partial charge on any atom is 0.256 e. The van der Waals surface area contributed by atoms with Gasteiger partial charge in [0.2, 0.25) is 15.8 Å². The van der Waals surface area contributed by atoms with Gasteiger partial charge >= 0.3 is 0 Å². The Balaban J connectivity index is 1.48. The van der Waals surface area contributed by atoms with E-state index in [1.807, 2.05) is 0 Å². The second kappa shape index (κ2) is 8.46. The number of thiophene rings is 1. The minimum atomic E-state index is -3.34. The summed E-state index contributed by atoms with van der Waals surface area (Å²) in [6.07, 6.45) is 4.67. The Hall–Kier alpha value is -2.91. The molecule has 0 spiro atoms. The van der Waals surface area contributed by atoms with Crippen LogP contribution >= 0.6 is 11.3 Å². The SMILES string of the molecule is CC1CCc2c(sc(NC(=O)c3cccc(N4CCCS4(=O)=O)c3)c2C(=O)c2ccco2)C1. The summed E-state index contributed by atoms with van der Waals surface area (Å²) in [6.45, 7) is 2.60. The van der Waals surface area contributed by atoms with Crippen LogP contribution in [0, 0.1) is 5.92 Å². The van der Waals surface area contributed by atoms with Crippen molar-refractivity contribution in [3.8, 4) is 0 Å². The molecule has 1 aliphatic carbocycles. The Morgan fingerprint density at radius 2 is 2.06 bits per heavy atom. The van der Waals surface area contributed by atoms with E-state index in [0.717, 1.165) is 29.7 Å². The van der Waals surface area contributed by atoms with Gasteiger partial charge < -0.3 is 9.73 Å². The third-order valence-electron chi connectivity index (χ3n) is 6.21. The summed E-state index contributed by atoms with van der Waals surface area (Å²) >= 11 is 1.44. The molecule has 172 valence electrons. The fraction of sp³-hybridized carbons (Fsp3) is 0.333. The number of hydrogen-bond acceptors (Lipinski definition) is 6. The number of nitrogens with one attached hydrogen (secondary N) is 1. The standard InChI is InChI=1S/C24H24N2O5S2/c1-15-8-9-18-20(13-15)32-24(21(18)22(27)19-7-3-11-31-19)25-23(28)16-5-2-6-17(14-16)26-10-4-12-33(26,29)30/h2-3,5-7,11,14-15H,4,8-10,12-13H2,1H3,(H,25,28). The smallest absolute Gasteiger partial charge is 0.256 e. The number of anilines is 2. The first-order valence-corrected chi connectivity index (χ1v) is 13.4. The Labute approximate surface area is 196 Å². The molecule has 2 aliphatic rings. The lowest BCUT2D eigenvalue weighted by Crippen LogP contribution is -2.25. The van der Waals surface area contributed by atoms with Crippen LogP contribution in [-0.4, -0.2) is 32.4 Å². The molecular weight excluding hydrogens is 460 g/mol. The maximum absolute atomic E-state index is 13.2. The van der Waals surface area contributed by atoms with Gasteiger partial charge in [-0.25, -0.2) is 8.42 Å². The van der Waals surface area contributed by atoms with Crippen molar-refractivity contribution in [2.75, 3.05) is 21.9 Å². The quantitative estimate of drug-likeness (QED) is 0.538. The number of nitrogens with zero attached hydrogens (tertiary/aromatic N) is 1. The van der Waals surface area contributed by atoms with Crippen LogP contribution in [0.3, 0.4) is 0 Å². The van der Waals surface area contributed by atoms with Gasteiger partial charge in [-0.15, -0.1) is 11.3 Å². The van der Waals surface area contributed by atoms with E-state index in [1.165, 1.54) is 21.9 Å². The summed E-state index contributed by atoms with van der Waals surface area (Å²) in [5, 5.41) is 3.44. The molecule has 1 saturated heterocycles. The van der Waals surface area contributed by atoms with Crippen LogP contribution in [0.2, 0.25) is 0 Å². The Kier molecular flexibility index (Phi) is 5.62. The van der Waals surface area contributed by atoms with Gasteiger partial charge in [-0.05, 0) is 67.5 Å². The number of fused-ring (bicyclic) bond motifs is 1. The Morgan fingerprint density at radius 1 is 1.21 bits per heavy atom. The van der Waals surface area contributed by atoms with E-state index in [1.54, 1.807) is 36.4 Å². The zero-order valence-corrected chi connectivity index (χ0v) is 19.8. The van der Waals surface area contributed by atoms with Gasteiger partial charge in [0.1, 0.15) is 5.00 Å². The van der Waals surface area contributed by atoms with Crippen molar-refractivity contribution in [2.45, 2.75) is 32.6 Å². The molecule has 1 atom stereocenters. The van der Waals surface area contributed by atoms with Gasteiger partial charge in [-0.3, -0.25) is 13.9 Å². The molecule has 1 aliphatic heterocycles. The number of rotatable bonds is 5. The summed E-state index contributed by atoms with van der Waals surface area (Å²) in [4.78, 5) is 27.5. The van der Waals surface area contributed by atoms with E-state index >= 15 is 0 Å². The van der Waals surface area contributed by atoms with Crippen LogP contribution in [0.1, 0.15) is 56.7 Å². The van der Waals surface area contributed by atoms with Crippen LogP contribution in [0.15, 0.2) is 47.1 Å². The highest BCUT2D eigenvalue weighted by Gasteiger charge is 2.31. The van der Waals surface area contributed by atoms with Crippen LogP contribution < -0.4 is 9.62 Å². The fourth-order valence-electron chi connectivity index (χ4n) is 4.52. The average molecular weight is 485 g/mol. The molecule has 5 rings (SSSR count). The van der Waals surface area contributed by atoms with Gasteiger partial charge in [0.15, 0.2) is 5.76 Å². The van der Waals surface area contributed by atoms with Gasteiger partial charge in [0, 0.05) is 17.0 Å². The second-order valence-electron chi connectivity index (χ2n) is 8.61. The molecule has 1 aromatic carbocycles. The van der Waals surface area contributed by atoms with Crippen LogP contribution in [0.25, 0.3) is 0 Å². The number of benzene rings is 1. The number of ketones is 1. The lowest BCUT2D eigenvalue weighted by atomic mass is 9.87. The first kappa shape index (κ1) is 21.9. The number of furan rings is 1. The van der Waals surface area contributed by atoms with Crippen LogP contribution in [-0.2, 0) is 22.9 Å². The van der Waals surface area contributed by atoms with E-state index in [0.29, 0.717) is 40.7 Å². The molecule has 0 bridgehead atoms. The largest absolute Gasteiger partial charge is 0.461 e. The first-order valence-electron chi connectivity index (χ1n) is 11.0. The molecule has 2 aromatic heterocycles. The normalized spacial score (nSPS) is 19.3. The monoisotopic (exact) mass is 484 g/mol. The molecule has 1 amide bonds. The van der Waals surface area contributed by atoms with Crippen molar-refractivity contribution in [3.05, 3.63) is 70.0 Å². The molecule has 1 unspecified atom stereocenters. The van der Waals surface area contributed by atoms with Gasteiger partial charge in [-0.1, -0.05) is 13.0 Å². The van der Waals surface area contributed by atoms with E-state index in [2.05, 4.69) is 12.2 Å². The minimum Gasteiger partial charge on any atom is -0.461 e. The van der Waals surface area contributed by atoms with Crippen LogP contribution in [0.5, 0.6) is 0 Å². The highest BCUT2D eigenvalue weighted by molar-refractivity contribution is 7.93. The summed E-state index contributed by atoms with van der Waals surface area (Å²) < 4.78 is 31.3. The number of carbonyl (C=O) groups is 2. The van der Waals surface area contributed by atoms with Crippen molar-refractivity contribution >= 4 is 43.7 Å². The summed E-state index contributed by atoms with van der Waals surface area (Å²) in [5.41, 5.74) is 2.31. The van der Waals surface area contributed by atoms with Crippen LogP contribution in [0.4, 0.5) is 10.7 Å². The van der Waals surface area contributed by atoms with Crippen molar-refractivity contribution < 1.29 is 22.4 Å². The second-order valence-corrected chi connectivity index (χ2v) is 11.7. The third-order valence-corrected chi connectivity index (χ3v) is 9.25. The lowest BCUT2D eigenvalue weighted by molar-refractivity contribution is 0.101. The van der Waals surface area contributed by atoms with Crippen molar-refractivity contribution in [1.82, 2.24) is 0 Å². The summed E-state index contributed by atoms with van der Waals surface area (Å²) in [6, 6.07) is 9.89. The summed E-state index contributed by atoms with van der Waals surface area (Å²) in [7, 11) is -3.34. The number of amides is 1. The first-order chi connectivity index (χ1) is 15.8. The van der Waals surface area contributed by atoms with E-state index in [4.69, 9.17) is 4.42 Å². The molecule has 1 N–H and O–H groups in total. The van der Waals surface area contributed by atoms with Gasteiger partial charge in [-0.2, -0.15) is 0 Å². The highest BCUT2D eigenvalue weighted by atomic mass is 32.2. The zero-order chi connectivity index (χ0) is 23.2. The molecule has 3 aromatic rings. The number of sulfonamides is 1. The Morgan fingerprint density at radius 3 is 2.79 bits per heavy atom. The van der Waals surface area contributed by atoms with Gasteiger partial charge in [0.05, 0.1) is 23.3 Å². The van der Waals surface area contributed by atoms with E-state index in [-0.39, 0.29) is 23.2 Å². The molecular formula is C24H24N2O5S2. The molecule has 1 fully saturated rings. The molecule has 33 heavy (non-hydrogen) atoms. The molecule has 9 heteroatoms.